The largest absolute Gasteiger partial charge is 0.495 e. The van der Waals surface area contributed by atoms with Gasteiger partial charge in [-0.2, -0.15) is 0 Å². The zero-order chi connectivity index (χ0) is 21.8. The first-order chi connectivity index (χ1) is 13.4. The van der Waals surface area contributed by atoms with Gasteiger partial charge in [0, 0.05) is 12.7 Å². The summed E-state index contributed by atoms with van der Waals surface area (Å²) in [6, 6.07) is 12.7. The van der Waals surface area contributed by atoms with Gasteiger partial charge in [0.15, 0.2) is 0 Å². The number of hydrogen-bond donors (Lipinski definition) is 1. The van der Waals surface area contributed by atoms with E-state index in [1.165, 1.54) is 26.3 Å². The second kappa shape index (κ2) is 8.70. The summed E-state index contributed by atoms with van der Waals surface area (Å²) in [6.07, 6.45) is 2.06. The number of amides is 1. The third kappa shape index (κ3) is 5.84. The first-order valence-electron chi connectivity index (χ1n) is 8.38. The monoisotopic (exact) mass is 441 g/mol. The van der Waals surface area contributed by atoms with Gasteiger partial charge >= 0.3 is 0 Å². The molecule has 0 aliphatic carbocycles. The van der Waals surface area contributed by atoms with Crippen LogP contribution >= 0.6 is 0 Å². The van der Waals surface area contributed by atoms with E-state index in [4.69, 9.17) is 4.74 Å². The van der Waals surface area contributed by atoms with E-state index in [1.54, 1.807) is 36.4 Å². The number of nitrogens with one attached hydrogen (secondary N) is 1. The van der Waals surface area contributed by atoms with Gasteiger partial charge in [0.25, 0.3) is 0 Å². The number of nitrogens with zero attached hydrogens (tertiary/aromatic N) is 2. The summed E-state index contributed by atoms with van der Waals surface area (Å²) in [7, 11) is -4.44. The average Bonchev–Trinajstić information content (AvgIpc) is 2.64. The Balaban J connectivity index is 2.26. The maximum Gasteiger partial charge on any atom is 0.245 e. The van der Waals surface area contributed by atoms with E-state index in [1.807, 2.05) is 0 Å². The van der Waals surface area contributed by atoms with Crippen LogP contribution in [0.4, 0.5) is 17.1 Å². The van der Waals surface area contributed by atoms with E-state index >= 15 is 0 Å². The van der Waals surface area contributed by atoms with Crippen LogP contribution in [0.3, 0.4) is 0 Å². The number of carbonyl (C=O) groups excluding carboxylic acids is 1. The van der Waals surface area contributed by atoms with Crippen molar-refractivity contribution in [1.29, 1.82) is 0 Å². The van der Waals surface area contributed by atoms with Gasteiger partial charge in [-0.25, -0.2) is 16.8 Å². The summed E-state index contributed by atoms with van der Waals surface area (Å²) in [6.45, 7) is -0.481. The van der Waals surface area contributed by atoms with Gasteiger partial charge in [-0.1, -0.05) is 18.2 Å². The zero-order valence-corrected chi connectivity index (χ0v) is 18.1. The van der Waals surface area contributed by atoms with Crippen LogP contribution < -0.4 is 18.7 Å². The number of ether oxygens (including phenoxy) is 1. The Kier molecular flexibility index (Phi) is 6.75. The van der Waals surface area contributed by atoms with Crippen molar-refractivity contribution in [1.82, 2.24) is 0 Å². The van der Waals surface area contributed by atoms with E-state index in [0.29, 0.717) is 17.1 Å². The summed E-state index contributed by atoms with van der Waals surface area (Å²) in [5.41, 5.74) is 0.921. The summed E-state index contributed by atoms with van der Waals surface area (Å²) < 4.78 is 55.1. The minimum Gasteiger partial charge on any atom is -0.495 e. The van der Waals surface area contributed by atoms with Crippen LogP contribution in [-0.2, 0) is 24.8 Å². The number of sulfonamides is 2. The quantitative estimate of drug-likeness (QED) is 0.664. The SMILES string of the molecule is COc1ccccc1N(CC(=O)Nc1cccc(N(C)S(C)(=O)=O)c1)S(C)(=O)=O. The molecule has 9 nitrogen and oxygen atoms in total. The molecular weight excluding hydrogens is 418 g/mol. The van der Waals surface area contributed by atoms with Crippen molar-refractivity contribution >= 4 is 43.0 Å². The molecule has 0 heterocycles. The van der Waals surface area contributed by atoms with E-state index in [9.17, 15) is 21.6 Å². The molecule has 0 aliphatic rings. The maximum atomic E-state index is 12.5. The normalized spacial score (nSPS) is 11.6. The molecule has 0 saturated heterocycles. The summed E-state index contributed by atoms with van der Waals surface area (Å²) >= 11 is 0. The summed E-state index contributed by atoms with van der Waals surface area (Å²) in [5.74, 6) is -0.289. The Morgan fingerprint density at radius 1 is 1.00 bits per heavy atom. The number of methoxy groups -OCH3 is 1. The van der Waals surface area contributed by atoms with E-state index < -0.39 is 32.5 Å². The molecule has 0 fully saturated rings. The Bertz CT molecular complexity index is 1100. The van der Waals surface area contributed by atoms with Crippen molar-refractivity contribution in [2.75, 3.05) is 47.1 Å². The van der Waals surface area contributed by atoms with Crippen molar-refractivity contribution in [2.24, 2.45) is 0 Å². The first kappa shape index (κ1) is 22.5. The number of hydrogen-bond acceptors (Lipinski definition) is 6. The van der Waals surface area contributed by atoms with E-state index in [-0.39, 0.29) is 5.69 Å². The van der Waals surface area contributed by atoms with Crippen LogP contribution in [0, 0.1) is 0 Å². The van der Waals surface area contributed by atoms with Gasteiger partial charge < -0.3 is 10.1 Å². The van der Waals surface area contributed by atoms with E-state index in [0.717, 1.165) is 21.1 Å². The highest BCUT2D eigenvalue weighted by Crippen LogP contribution is 2.29. The second-order valence-electron chi connectivity index (χ2n) is 6.27. The molecular formula is C18H23N3O6S2. The predicted molar refractivity (Wildman–Crippen MR) is 114 cm³/mol. The Hall–Kier alpha value is -2.79. The summed E-state index contributed by atoms with van der Waals surface area (Å²) in [5, 5.41) is 2.59. The summed E-state index contributed by atoms with van der Waals surface area (Å²) in [4.78, 5) is 12.5. The molecule has 0 unspecified atom stereocenters. The molecule has 0 atom stereocenters. The lowest BCUT2D eigenvalue weighted by Gasteiger charge is -2.24. The number of benzene rings is 2. The molecule has 0 spiro atoms. The maximum absolute atomic E-state index is 12.5. The fourth-order valence-electron chi connectivity index (χ4n) is 2.52. The highest BCUT2D eigenvalue weighted by Gasteiger charge is 2.24. The molecule has 2 rings (SSSR count). The van der Waals surface area contributed by atoms with Gasteiger partial charge in [0.05, 0.1) is 31.0 Å². The molecule has 1 N–H and O–H groups in total. The molecule has 11 heteroatoms. The molecule has 1 amide bonds. The van der Waals surface area contributed by atoms with Crippen LogP contribution in [0.15, 0.2) is 48.5 Å². The topological polar surface area (TPSA) is 113 Å². The predicted octanol–water partition coefficient (Wildman–Crippen LogP) is 1.50. The Morgan fingerprint density at radius 2 is 1.66 bits per heavy atom. The van der Waals surface area contributed by atoms with Crippen molar-refractivity contribution in [3.05, 3.63) is 48.5 Å². The van der Waals surface area contributed by atoms with Crippen molar-refractivity contribution in [3.63, 3.8) is 0 Å². The number of rotatable bonds is 8. The first-order valence-corrected chi connectivity index (χ1v) is 12.1. The highest BCUT2D eigenvalue weighted by molar-refractivity contribution is 7.92. The third-order valence-corrected chi connectivity index (χ3v) is 6.36. The van der Waals surface area contributed by atoms with Gasteiger partial charge in [-0.05, 0) is 30.3 Å². The smallest absolute Gasteiger partial charge is 0.245 e. The second-order valence-corrected chi connectivity index (χ2v) is 10.2. The molecule has 0 radical (unpaired) electrons. The lowest BCUT2D eigenvalue weighted by atomic mass is 10.2. The highest BCUT2D eigenvalue weighted by atomic mass is 32.2. The molecule has 29 heavy (non-hydrogen) atoms. The van der Waals surface area contributed by atoms with Gasteiger partial charge in [-0.3, -0.25) is 13.4 Å². The minimum absolute atomic E-state index is 0.234. The third-order valence-electron chi connectivity index (χ3n) is 4.03. The van der Waals surface area contributed by atoms with Crippen molar-refractivity contribution in [3.8, 4) is 5.75 Å². The van der Waals surface area contributed by atoms with Crippen LogP contribution in [0.2, 0.25) is 0 Å². The molecule has 2 aromatic rings. The minimum atomic E-state index is -3.77. The fourth-order valence-corrected chi connectivity index (χ4v) is 3.88. The average molecular weight is 442 g/mol. The zero-order valence-electron chi connectivity index (χ0n) is 16.5. The van der Waals surface area contributed by atoms with Crippen LogP contribution in [-0.4, -0.2) is 56.0 Å². The van der Waals surface area contributed by atoms with Crippen LogP contribution in [0.5, 0.6) is 5.75 Å². The number of carbonyl (C=O) groups is 1. The molecule has 158 valence electrons. The molecule has 0 saturated carbocycles. The lowest BCUT2D eigenvalue weighted by molar-refractivity contribution is -0.114. The standard InChI is InChI=1S/C18H23N3O6S2/c1-20(28(3,23)24)15-9-7-8-14(12-15)19-18(22)13-21(29(4,25)26)16-10-5-6-11-17(16)27-2/h5-12H,13H2,1-4H3,(H,19,22). The van der Waals surface area contributed by atoms with Crippen LogP contribution in [0.1, 0.15) is 0 Å². The molecule has 2 aromatic carbocycles. The number of para-hydroxylation sites is 2. The Morgan fingerprint density at radius 3 is 2.24 bits per heavy atom. The number of anilines is 3. The van der Waals surface area contributed by atoms with Gasteiger partial charge in [0.2, 0.25) is 26.0 Å². The van der Waals surface area contributed by atoms with Crippen molar-refractivity contribution in [2.45, 2.75) is 0 Å². The molecule has 0 aliphatic heterocycles. The lowest BCUT2D eigenvalue weighted by Crippen LogP contribution is -2.37. The van der Waals surface area contributed by atoms with Crippen LogP contribution in [0.25, 0.3) is 0 Å². The van der Waals surface area contributed by atoms with Gasteiger partial charge in [0.1, 0.15) is 12.3 Å². The van der Waals surface area contributed by atoms with E-state index in [2.05, 4.69) is 5.32 Å². The molecule has 0 aromatic heterocycles. The van der Waals surface area contributed by atoms with Gasteiger partial charge in [-0.15, -0.1) is 0 Å². The van der Waals surface area contributed by atoms with Crippen molar-refractivity contribution < 1.29 is 26.4 Å². The fraction of sp³-hybridized carbons (Fsp3) is 0.278. The molecule has 0 bridgehead atoms. The Labute approximate surface area is 171 Å².